The van der Waals surface area contributed by atoms with Crippen molar-refractivity contribution in [3.63, 3.8) is 0 Å². The fourth-order valence-electron chi connectivity index (χ4n) is 2.61. The first-order valence-corrected chi connectivity index (χ1v) is 6.24. The lowest BCUT2D eigenvalue weighted by Gasteiger charge is -2.27. The van der Waals surface area contributed by atoms with Gasteiger partial charge in [-0.15, -0.1) is 0 Å². The first-order chi connectivity index (χ1) is 8.34. The van der Waals surface area contributed by atoms with Crippen molar-refractivity contribution in [3.8, 4) is 0 Å². The van der Waals surface area contributed by atoms with Gasteiger partial charge in [0.1, 0.15) is 0 Å². The van der Waals surface area contributed by atoms with E-state index >= 15 is 0 Å². The third kappa shape index (κ3) is 1.93. The second kappa shape index (κ2) is 4.25. The molecule has 1 aliphatic heterocycles. The maximum atomic E-state index is 3.47. The van der Waals surface area contributed by atoms with E-state index in [1.807, 2.05) is 0 Å². The Balaban J connectivity index is 2.03. The molecule has 2 aromatic carbocycles. The Morgan fingerprint density at radius 1 is 1.00 bits per heavy atom. The van der Waals surface area contributed by atoms with Crippen LogP contribution in [0.1, 0.15) is 29.0 Å². The van der Waals surface area contributed by atoms with E-state index in [0.29, 0.717) is 5.92 Å². The highest BCUT2D eigenvalue weighted by Gasteiger charge is 2.20. The summed E-state index contributed by atoms with van der Waals surface area (Å²) in [5.74, 6) is 0.549. The number of aryl methyl sites for hydroxylation is 1. The van der Waals surface area contributed by atoms with Crippen molar-refractivity contribution in [1.82, 2.24) is 0 Å². The molecule has 3 rings (SSSR count). The van der Waals surface area contributed by atoms with Gasteiger partial charge in [0.25, 0.3) is 0 Å². The molecule has 0 amide bonds. The molecule has 1 atom stereocenters. The van der Waals surface area contributed by atoms with E-state index in [4.69, 9.17) is 0 Å². The first kappa shape index (κ1) is 10.4. The average molecular weight is 223 g/mol. The molecule has 0 fully saturated rings. The molecule has 86 valence electrons. The second-order valence-electron chi connectivity index (χ2n) is 4.77. The summed E-state index contributed by atoms with van der Waals surface area (Å²) in [5.41, 5.74) is 5.49. The van der Waals surface area contributed by atoms with Crippen molar-refractivity contribution in [3.05, 3.63) is 65.2 Å². The molecule has 1 nitrogen and oxygen atoms in total. The van der Waals surface area contributed by atoms with Gasteiger partial charge in [0.2, 0.25) is 0 Å². The molecule has 17 heavy (non-hydrogen) atoms. The summed E-state index contributed by atoms with van der Waals surface area (Å²) in [4.78, 5) is 0. The Kier molecular flexibility index (Phi) is 2.60. The van der Waals surface area contributed by atoms with Crippen LogP contribution in [0.2, 0.25) is 0 Å². The monoisotopic (exact) mass is 223 g/mol. The molecular weight excluding hydrogens is 206 g/mol. The average Bonchev–Trinajstić information content (AvgIpc) is 2.39. The highest BCUT2D eigenvalue weighted by Crippen LogP contribution is 2.36. The number of fused-ring (bicyclic) bond motifs is 1. The van der Waals surface area contributed by atoms with Crippen LogP contribution < -0.4 is 5.32 Å². The van der Waals surface area contributed by atoms with Gasteiger partial charge in [0.15, 0.2) is 0 Å². The predicted octanol–water partition coefficient (Wildman–Crippen LogP) is 3.94. The Hall–Kier alpha value is -1.76. The second-order valence-corrected chi connectivity index (χ2v) is 4.77. The van der Waals surface area contributed by atoms with Gasteiger partial charge < -0.3 is 5.32 Å². The van der Waals surface area contributed by atoms with Crippen LogP contribution in [-0.4, -0.2) is 6.54 Å². The van der Waals surface area contributed by atoms with Crippen molar-refractivity contribution in [1.29, 1.82) is 0 Å². The molecule has 0 aromatic heterocycles. The quantitative estimate of drug-likeness (QED) is 0.772. The van der Waals surface area contributed by atoms with Crippen LogP contribution in [0, 0.1) is 6.92 Å². The van der Waals surface area contributed by atoms with Gasteiger partial charge in [-0.3, -0.25) is 0 Å². The third-order valence-electron chi connectivity index (χ3n) is 3.56. The van der Waals surface area contributed by atoms with Crippen molar-refractivity contribution in [2.24, 2.45) is 0 Å². The molecule has 0 spiro atoms. The normalized spacial score (nSPS) is 18.3. The van der Waals surface area contributed by atoms with E-state index in [9.17, 15) is 0 Å². The Bertz CT molecular complexity index is 513. The lowest BCUT2D eigenvalue weighted by Crippen LogP contribution is -2.17. The van der Waals surface area contributed by atoms with E-state index in [2.05, 4.69) is 60.8 Å². The summed E-state index contributed by atoms with van der Waals surface area (Å²) in [6, 6.07) is 17.6. The van der Waals surface area contributed by atoms with Crippen LogP contribution in [-0.2, 0) is 0 Å². The van der Waals surface area contributed by atoms with E-state index in [1.165, 1.54) is 28.8 Å². The number of nitrogens with one attached hydrogen (secondary N) is 1. The lowest BCUT2D eigenvalue weighted by atomic mass is 9.85. The zero-order valence-electron chi connectivity index (χ0n) is 10.1. The summed E-state index contributed by atoms with van der Waals surface area (Å²) in [7, 11) is 0. The van der Waals surface area contributed by atoms with Gasteiger partial charge in [-0.2, -0.15) is 0 Å². The summed E-state index contributed by atoms with van der Waals surface area (Å²) >= 11 is 0. The van der Waals surface area contributed by atoms with Gasteiger partial charge >= 0.3 is 0 Å². The third-order valence-corrected chi connectivity index (χ3v) is 3.56. The standard InChI is InChI=1S/C16H17N/c1-12-6-8-13(9-7-12)14-10-11-17-16-5-3-2-4-15(14)16/h2-9,14,17H,10-11H2,1H3/t14-/m1/s1. The molecule has 2 aromatic rings. The topological polar surface area (TPSA) is 12.0 Å². The summed E-state index contributed by atoms with van der Waals surface area (Å²) < 4.78 is 0. The Morgan fingerprint density at radius 3 is 2.59 bits per heavy atom. The smallest absolute Gasteiger partial charge is 0.0379 e. The fraction of sp³-hybridized carbons (Fsp3) is 0.250. The minimum Gasteiger partial charge on any atom is -0.385 e. The van der Waals surface area contributed by atoms with Crippen LogP contribution in [0.3, 0.4) is 0 Å². The van der Waals surface area contributed by atoms with Crippen molar-refractivity contribution < 1.29 is 0 Å². The van der Waals surface area contributed by atoms with Crippen LogP contribution in [0.25, 0.3) is 0 Å². The van der Waals surface area contributed by atoms with Gasteiger partial charge in [-0.05, 0) is 30.5 Å². The molecule has 0 saturated heterocycles. The van der Waals surface area contributed by atoms with E-state index in [1.54, 1.807) is 0 Å². The maximum Gasteiger partial charge on any atom is 0.0379 e. The van der Waals surface area contributed by atoms with Crippen molar-refractivity contribution in [2.45, 2.75) is 19.3 Å². The highest BCUT2D eigenvalue weighted by atomic mass is 14.9. The molecule has 0 aliphatic carbocycles. The summed E-state index contributed by atoms with van der Waals surface area (Å²) in [5, 5.41) is 3.47. The number of para-hydroxylation sites is 1. The van der Waals surface area contributed by atoms with E-state index in [-0.39, 0.29) is 0 Å². The number of benzene rings is 2. The molecular formula is C16H17N. The first-order valence-electron chi connectivity index (χ1n) is 6.24. The molecule has 1 heteroatoms. The fourth-order valence-corrected chi connectivity index (χ4v) is 2.61. The van der Waals surface area contributed by atoms with Crippen LogP contribution in [0.15, 0.2) is 48.5 Å². The zero-order valence-corrected chi connectivity index (χ0v) is 10.1. The van der Waals surface area contributed by atoms with Crippen molar-refractivity contribution in [2.75, 3.05) is 11.9 Å². The summed E-state index contributed by atoms with van der Waals surface area (Å²) in [6.07, 6.45) is 1.18. The Labute approximate surface area is 102 Å². The summed E-state index contributed by atoms with van der Waals surface area (Å²) in [6.45, 7) is 3.20. The molecule has 1 aliphatic rings. The SMILES string of the molecule is Cc1ccc([C@H]2CCNc3ccccc32)cc1. The van der Waals surface area contributed by atoms with Crippen LogP contribution >= 0.6 is 0 Å². The number of hydrogen-bond donors (Lipinski definition) is 1. The molecule has 1 N–H and O–H groups in total. The minimum atomic E-state index is 0.549. The molecule has 0 radical (unpaired) electrons. The van der Waals surface area contributed by atoms with Gasteiger partial charge in [0, 0.05) is 18.2 Å². The zero-order chi connectivity index (χ0) is 11.7. The minimum absolute atomic E-state index is 0.549. The molecule has 0 bridgehead atoms. The molecule has 0 saturated carbocycles. The van der Waals surface area contributed by atoms with Crippen LogP contribution in [0.5, 0.6) is 0 Å². The molecule has 0 unspecified atom stereocenters. The largest absolute Gasteiger partial charge is 0.385 e. The molecule has 1 heterocycles. The van der Waals surface area contributed by atoms with Gasteiger partial charge in [-0.25, -0.2) is 0 Å². The number of rotatable bonds is 1. The highest BCUT2D eigenvalue weighted by molar-refractivity contribution is 5.57. The van der Waals surface area contributed by atoms with Gasteiger partial charge in [0.05, 0.1) is 0 Å². The van der Waals surface area contributed by atoms with E-state index in [0.717, 1.165) is 6.54 Å². The lowest BCUT2D eigenvalue weighted by molar-refractivity contribution is 0.720. The van der Waals surface area contributed by atoms with Crippen LogP contribution in [0.4, 0.5) is 5.69 Å². The maximum absolute atomic E-state index is 3.47. The predicted molar refractivity (Wildman–Crippen MR) is 72.6 cm³/mol. The Morgan fingerprint density at radius 2 is 1.76 bits per heavy atom. The van der Waals surface area contributed by atoms with Crippen molar-refractivity contribution >= 4 is 5.69 Å². The van der Waals surface area contributed by atoms with E-state index < -0.39 is 0 Å². The van der Waals surface area contributed by atoms with Gasteiger partial charge in [-0.1, -0.05) is 48.0 Å². The number of hydrogen-bond acceptors (Lipinski definition) is 1. The number of anilines is 1.